The van der Waals surface area contributed by atoms with Crippen molar-refractivity contribution in [1.29, 1.82) is 0 Å². The third kappa shape index (κ3) is 2.43. The zero-order chi connectivity index (χ0) is 13.9. The largest absolute Gasteiger partial charge is 0.361 e. The van der Waals surface area contributed by atoms with E-state index in [1.807, 2.05) is 48.7 Å². The molecule has 3 aromatic rings. The summed E-state index contributed by atoms with van der Waals surface area (Å²) in [5, 5.41) is 4.03. The van der Waals surface area contributed by atoms with Gasteiger partial charge in [-0.1, -0.05) is 36.4 Å². The number of para-hydroxylation sites is 2. The summed E-state index contributed by atoms with van der Waals surface area (Å²) in [5.41, 5.74) is 4.15. The maximum absolute atomic E-state index is 12.1. The molecule has 0 atom stereocenters. The number of H-pyrrole nitrogens is 1. The zero-order valence-corrected chi connectivity index (χ0v) is 11.3. The molecule has 3 nitrogen and oxygen atoms in total. The third-order valence-electron chi connectivity index (χ3n) is 3.42. The van der Waals surface area contributed by atoms with E-state index in [1.165, 1.54) is 5.56 Å². The van der Waals surface area contributed by atoms with E-state index in [0.717, 1.165) is 22.2 Å². The maximum Gasteiger partial charge on any atom is 0.228 e. The first kappa shape index (κ1) is 12.5. The van der Waals surface area contributed by atoms with Crippen molar-refractivity contribution in [3.05, 3.63) is 65.9 Å². The molecule has 3 rings (SSSR count). The molecule has 1 aromatic heterocycles. The molecule has 100 valence electrons. The molecule has 0 aliphatic carbocycles. The van der Waals surface area contributed by atoms with E-state index in [0.29, 0.717) is 6.42 Å². The van der Waals surface area contributed by atoms with Gasteiger partial charge in [-0.2, -0.15) is 0 Å². The van der Waals surface area contributed by atoms with Gasteiger partial charge in [-0.25, -0.2) is 0 Å². The van der Waals surface area contributed by atoms with Gasteiger partial charge >= 0.3 is 0 Å². The van der Waals surface area contributed by atoms with E-state index in [4.69, 9.17) is 0 Å². The second-order valence-corrected chi connectivity index (χ2v) is 4.90. The monoisotopic (exact) mass is 264 g/mol. The van der Waals surface area contributed by atoms with Gasteiger partial charge in [0.1, 0.15) is 0 Å². The van der Waals surface area contributed by atoms with Gasteiger partial charge < -0.3 is 10.3 Å². The smallest absolute Gasteiger partial charge is 0.228 e. The third-order valence-corrected chi connectivity index (χ3v) is 3.42. The minimum Gasteiger partial charge on any atom is -0.361 e. The lowest BCUT2D eigenvalue weighted by Crippen LogP contribution is -2.13. The summed E-state index contributed by atoms with van der Waals surface area (Å²) >= 11 is 0. The molecule has 1 heterocycles. The Balaban J connectivity index is 1.80. The summed E-state index contributed by atoms with van der Waals surface area (Å²) in [6, 6.07) is 15.6. The van der Waals surface area contributed by atoms with Crippen LogP contribution in [0.3, 0.4) is 0 Å². The van der Waals surface area contributed by atoms with E-state index >= 15 is 0 Å². The summed E-state index contributed by atoms with van der Waals surface area (Å²) in [6.45, 7) is 2.06. The van der Waals surface area contributed by atoms with Crippen LogP contribution in [0.5, 0.6) is 0 Å². The van der Waals surface area contributed by atoms with Crippen LogP contribution in [0.4, 0.5) is 5.69 Å². The van der Waals surface area contributed by atoms with Crippen molar-refractivity contribution in [3.63, 3.8) is 0 Å². The number of fused-ring (bicyclic) bond motifs is 1. The number of hydrogen-bond acceptors (Lipinski definition) is 1. The number of aromatic nitrogens is 1. The molecule has 0 unspecified atom stereocenters. The Morgan fingerprint density at radius 1 is 1.10 bits per heavy atom. The summed E-state index contributed by atoms with van der Waals surface area (Å²) < 4.78 is 0. The summed E-state index contributed by atoms with van der Waals surface area (Å²) in [7, 11) is 0. The SMILES string of the molecule is Cc1cccc2c(CC(=O)Nc3ccccc3)c[nH]c12. The molecule has 0 saturated heterocycles. The van der Waals surface area contributed by atoms with Gasteiger partial charge in [0.15, 0.2) is 0 Å². The Hall–Kier alpha value is -2.55. The van der Waals surface area contributed by atoms with Crippen LogP contribution < -0.4 is 5.32 Å². The first-order valence-electron chi connectivity index (χ1n) is 6.64. The van der Waals surface area contributed by atoms with Crippen LogP contribution in [0.15, 0.2) is 54.7 Å². The standard InChI is InChI=1S/C17H16N2O/c1-12-6-5-9-15-13(11-18-17(12)15)10-16(20)19-14-7-3-2-4-8-14/h2-9,11,18H,10H2,1H3,(H,19,20). The van der Waals surface area contributed by atoms with Crippen molar-refractivity contribution < 1.29 is 4.79 Å². The Morgan fingerprint density at radius 2 is 1.90 bits per heavy atom. The first-order valence-corrected chi connectivity index (χ1v) is 6.64. The van der Waals surface area contributed by atoms with Gasteiger partial charge in [0.25, 0.3) is 0 Å². The summed E-state index contributed by atoms with van der Waals surface area (Å²) in [5.74, 6) is -0.00129. The minimum atomic E-state index is -0.00129. The van der Waals surface area contributed by atoms with E-state index in [-0.39, 0.29) is 5.91 Å². The van der Waals surface area contributed by atoms with Crippen molar-refractivity contribution in [1.82, 2.24) is 4.98 Å². The van der Waals surface area contributed by atoms with Crippen LogP contribution in [0.1, 0.15) is 11.1 Å². The second-order valence-electron chi connectivity index (χ2n) is 4.90. The number of nitrogens with one attached hydrogen (secondary N) is 2. The van der Waals surface area contributed by atoms with Crippen molar-refractivity contribution in [2.75, 3.05) is 5.32 Å². The average Bonchev–Trinajstić information content (AvgIpc) is 2.84. The number of anilines is 1. The highest BCUT2D eigenvalue weighted by Crippen LogP contribution is 2.21. The molecular weight excluding hydrogens is 248 g/mol. The molecule has 0 spiro atoms. The first-order chi connectivity index (χ1) is 9.74. The number of amides is 1. The van der Waals surface area contributed by atoms with Crippen molar-refractivity contribution >= 4 is 22.5 Å². The molecule has 2 aromatic carbocycles. The number of hydrogen-bond donors (Lipinski definition) is 2. The molecule has 0 bridgehead atoms. The second kappa shape index (κ2) is 5.21. The maximum atomic E-state index is 12.1. The highest BCUT2D eigenvalue weighted by molar-refractivity contribution is 5.96. The van der Waals surface area contributed by atoms with Crippen LogP contribution in [0.2, 0.25) is 0 Å². The van der Waals surface area contributed by atoms with Gasteiger partial charge in [-0.05, 0) is 30.2 Å². The Labute approximate surface area is 117 Å². The van der Waals surface area contributed by atoms with E-state index in [9.17, 15) is 4.79 Å². The molecule has 0 fully saturated rings. The van der Waals surface area contributed by atoms with Crippen LogP contribution >= 0.6 is 0 Å². The number of carbonyl (C=O) groups is 1. The molecule has 1 amide bonds. The number of rotatable bonds is 3. The van der Waals surface area contributed by atoms with Crippen molar-refractivity contribution in [2.45, 2.75) is 13.3 Å². The highest BCUT2D eigenvalue weighted by atomic mass is 16.1. The molecule has 2 N–H and O–H groups in total. The molecule has 0 aliphatic heterocycles. The fourth-order valence-corrected chi connectivity index (χ4v) is 2.41. The normalized spacial score (nSPS) is 10.7. The van der Waals surface area contributed by atoms with Crippen molar-refractivity contribution in [3.8, 4) is 0 Å². The molecule has 0 aliphatic rings. The average molecular weight is 264 g/mol. The van der Waals surface area contributed by atoms with Gasteiger partial charge in [-0.3, -0.25) is 4.79 Å². The summed E-state index contributed by atoms with van der Waals surface area (Å²) in [6.07, 6.45) is 2.29. The lowest BCUT2D eigenvalue weighted by atomic mass is 10.1. The lowest BCUT2D eigenvalue weighted by Gasteiger charge is -2.04. The Bertz CT molecular complexity index is 744. The Kier molecular flexibility index (Phi) is 3.25. The van der Waals surface area contributed by atoms with Gasteiger partial charge in [0.2, 0.25) is 5.91 Å². The summed E-state index contributed by atoms with van der Waals surface area (Å²) in [4.78, 5) is 15.3. The molecule has 0 saturated carbocycles. The fourth-order valence-electron chi connectivity index (χ4n) is 2.41. The minimum absolute atomic E-state index is 0.00129. The predicted octanol–water partition coefficient (Wildman–Crippen LogP) is 3.66. The highest BCUT2D eigenvalue weighted by Gasteiger charge is 2.09. The number of aryl methyl sites for hydroxylation is 1. The van der Waals surface area contributed by atoms with E-state index < -0.39 is 0 Å². The van der Waals surface area contributed by atoms with Crippen LogP contribution in [-0.4, -0.2) is 10.9 Å². The van der Waals surface area contributed by atoms with Gasteiger partial charge in [0.05, 0.1) is 6.42 Å². The topological polar surface area (TPSA) is 44.9 Å². The Morgan fingerprint density at radius 3 is 2.70 bits per heavy atom. The van der Waals surface area contributed by atoms with Gasteiger partial charge in [0, 0.05) is 22.8 Å². The molecule has 0 radical (unpaired) electrons. The lowest BCUT2D eigenvalue weighted by molar-refractivity contribution is -0.115. The van der Waals surface area contributed by atoms with Crippen LogP contribution in [0.25, 0.3) is 10.9 Å². The van der Waals surface area contributed by atoms with Crippen LogP contribution in [-0.2, 0) is 11.2 Å². The zero-order valence-electron chi connectivity index (χ0n) is 11.3. The molecule has 20 heavy (non-hydrogen) atoms. The molecule has 3 heteroatoms. The quantitative estimate of drug-likeness (QED) is 0.745. The van der Waals surface area contributed by atoms with E-state index in [1.54, 1.807) is 0 Å². The van der Waals surface area contributed by atoms with E-state index in [2.05, 4.69) is 23.3 Å². The van der Waals surface area contributed by atoms with Crippen LogP contribution in [0, 0.1) is 6.92 Å². The fraction of sp³-hybridized carbons (Fsp3) is 0.118. The predicted molar refractivity (Wildman–Crippen MR) is 81.8 cm³/mol. The van der Waals surface area contributed by atoms with Crippen molar-refractivity contribution in [2.24, 2.45) is 0 Å². The van der Waals surface area contributed by atoms with Gasteiger partial charge in [-0.15, -0.1) is 0 Å². The molecular formula is C17H16N2O. The number of benzene rings is 2. The number of carbonyl (C=O) groups excluding carboxylic acids is 1. The number of aromatic amines is 1.